The molecule has 0 saturated heterocycles. The Morgan fingerprint density at radius 2 is 2.18 bits per heavy atom. The van der Waals surface area contributed by atoms with Crippen molar-refractivity contribution in [1.29, 1.82) is 0 Å². The van der Waals surface area contributed by atoms with Crippen LogP contribution >= 0.6 is 22.9 Å². The largest absolute Gasteiger partial charge is 0.337 e. The van der Waals surface area contributed by atoms with Crippen molar-refractivity contribution in [3.05, 3.63) is 46.9 Å². The van der Waals surface area contributed by atoms with Crippen LogP contribution < -0.4 is 4.72 Å². The molecule has 3 aromatic heterocycles. The van der Waals surface area contributed by atoms with Gasteiger partial charge in [0.1, 0.15) is 10.0 Å². The number of nitrogens with one attached hydrogen (secondary N) is 1. The molecule has 0 aliphatic rings. The molecule has 0 aliphatic carbocycles. The summed E-state index contributed by atoms with van der Waals surface area (Å²) in [6.07, 6.45) is 1.18. The maximum Gasteiger partial charge on any atom is 0.242 e. The van der Waals surface area contributed by atoms with Crippen LogP contribution in [0.15, 0.2) is 45.3 Å². The predicted octanol–water partition coefficient (Wildman–Crippen LogP) is 2.33. The summed E-state index contributed by atoms with van der Waals surface area (Å²) in [4.78, 5) is 8.72. The molecule has 0 amide bonds. The number of hydrogen-bond donors (Lipinski definition) is 1. The maximum atomic E-state index is 12.1. The zero-order chi connectivity index (χ0) is 15.6. The van der Waals surface area contributed by atoms with Crippen molar-refractivity contribution in [3.63, 3.8) is 0 Å². The molecule has 0 unspecified atom stereocenters. The van der Waals surface area contributed by atoms with Crippen molar-refractivity contribution < 1.29 is 12.9 Å². The first-order valence-electron chi connectivity index (χ1n) is 6.02. The number of thiophene rings is 1. The van der Waals surface area contributed by atoms with Crippen LogP contribution in [0, 0.1) is 0 Å². The molecule has 0 fully saturated rings. The number of aromatic nitrogens is 3. The van der Waals surface area contributed by atoms with Crippen molar-refractivity contribution in [2.24, 2.45) is 0 Å². The zero-order valence-electron chi connectivity index (χ0n) is 10.9. The number of hydrogen-bond acceptors (Lipinski definition) is 7. The predicted molar refractivity (Wildman–Crippen MR) is 80.9 cm³/mol. The highest BCUT2D eigenvalue weighted by atomic mass is 35.5. The lowest BCUT2D eigenvalue weighted by Gasteiger charge is -2.03. The minimum absolute atomic E-state index is 0.00916. The number of pyridine rings is 1. The van der Waals surface area contributed by atoms with Crippen molar-refractivity contribution in [2.45, 2.75) is 11.4 Å². The average Bonchev–Trinajstić information content (AvgIpc) is 3.17. The van der Waals surface area contributed by atoms with Gasteiger partial charge in [0.05, 0.1) is 11.4 Å². The Labute approximate surface area is 135 Å². The van der Waals surface area contributed by atoms with Gasteiger partial charge in [0.25, 0.3) is 0 Å². The van der Waals surface area contributed by atoms with Crippen LogP contribution in [-0.4, -0.2) is 23.5 Å². The number of nitrogens with zero attached hydrogens (tertiary/aromatic N) is 3. The Kier molecular flexibility index (Phi) is 4.21. The van der Waals surface area contributed by atoms with E-state index in [-0.39, 0.29) is 22.5 Å². The highest BCUT2D eigenvalue weighted by Crippen LogP contribution is 2.21. The normalized spacial score (nSPS) is 11.7. The van der Waals surface area contributed by atoms with Gasteiger partial charge in [-0.2, -0.15) is 4.98 Å². The maximum absolute atomic E-state index is 12.1. The number of sulfonamides is 1. The van der Waals surface area contributed by atoms with E-state index in [0.29, 0.717) is 5.82 Å². The van der Waals surface area contributed by atoms with Crippen LogP contribution in [0.2, 0.25) is 5.15 Å². The topological polar surface area (TPSA) is 98.0 Å². The second kappa shape index (κ2) is 6.13. The summed E-state index contributed by atoms with van der Waals surface area (Å²) >= 11 is 7.09. The van der Waals surface area contributed by atoms with Gasteiger partial charge in [-0.25, -0.2) is 18.1 Å². The van der Waals surface area contributed by atoms with Gasteiger partial charge >= 0.3 is 0 Å². The lowest BCUT2D eigenvalue weighted by molar-refractivity contribution is 0.376. The fourth-order valence-corrected chi connectivity index (χ4v) is 3.27. The first kappa shape index (κ1) is 15.1. The van der Waals surface area contributed by atoms with Gasteiger partial charge in [-0.3, -0.25) is 0 Å². The fourth-order valence-electron chi connectivity index (χ4n) is 1.59. The summed E-state index contributed by atoms with van der Waals surface area (Å²) in [5.74, 6) is 0.603. The average molecular weight is 357 g/mol. The van der Waals surface area contributed by atoms with E-state index < -0.39 is 10.0 Å². The summed E-state index contributed by atoms with van der Waals surface area (Å²) in [6.45, 7) is -0.108. The minimum atomic E-state index is -3.72. The standard InChI is InChI=1S/C12H9ClN4O3S2/c13-10-4-3-8(6-14-10)22(18,19)15-7-11-16-12(17-20-11)9-2-1-5-21-9/h1-6,15H,7H2. The third-order valence-electron chi connectivity index (χ3n) is 2.63. The van der Waals surface area contributed by atoms with Crippen LogP contribution in [0.5, 0.6) is 0 Å². The Hall–Kier alpha value is -1.81. The fraction of sp³-hybridized carbons (Fsp3) is 0.0833. The molecule has 0 spiro atoms. The first-order valence-corrected chi connectivity index (χ1v) is 8.76. The highest BCUT2D eigenvalue weighted by molar-refractivity contribution is 7.89. The van der Waals surface area contributed by atoms with Crippen molar-refractivity contribution in [1.82, 2.24) is 19.8 Å². The Balaban J connectivity index is 1.71. The summed E-state index contributed by atoms with van der Waals surface area (Å²) in [7, 11) is -3.72. The number of rotatable bonds is 5. The third-order valence-corrected chi connectivity index (χ3v) is 5.11. The molecule has 0 aliphatic heterocycles. The molecule has 0 atom stereocenters. The van der Waals surface area contributed by atoms with E-state index >= 15 is 0 Å². The molecule has 0 aromatic carbocycles. The molecular weight excluding hydrogens is 348 g/mol. The van der Waals surface area contributed by atoms with Crippen LogP contribution in [0.3, 0.4) is 0 Å². The second-order valence-corrected chi connectivity index (χ2v) is 7.23. The van der Waals surface area contributed by atoms with E-state index in [2.05, 4.69) is 19.8 Å². The molecule has 3 heterocycles. The zero-order valence-corrected chi connectivity index (χ0v) is 13.3. The van der Waals surface area contributed by atoms with E-state index in [1.807, 2.05) is 17.5 Å². The minimum Gasteiger partial charge on any atom is -0.337 e. The molecule has 114 valence electrons. The Morgan fingerprint density at radius 1 is 1.32 bits per heavy atom. The van der Waals surface area contributed by atoms with Gasteiger partial charge in [-0.1, -0.05) is 22.8 Å². The van der Waals surface area contributed by atoms with Crippen LogP contribution in [0.4, 0.5) is 0 Å². The van der Waals surface area contributed by atoms with E-state index in [4.69, 9.17) is 16.1 Å². The Bertz CT molecular complexity index is 860. The third kappa shape index (κ3) is 3.33. The van der Waals surface area contributed by atoms with Gasteiger partial charge in [0.2, 0.25) is 21.7 Å². The molecule has 22 heavy (non-hydrogen) atoms. The molecular formula is C12H9ClN4O3S2. The Morgan fingerprint density at radius 3 is 2.86 bits per heavy atom. The van der Waals surface area contributed by atoms with Gasteiger partial charge in [-0.15, -0.1) is 11.3 Å². The summed E-state index contributed by atoms with van der Waals surface area (Å²) in [5, 5.41) is 5.91. The van der Waals surface area contributed by atoms with Crippen LogP contribution in [0.25, 0.3) is 10.7 Å². The molecule has 0 saturated carbocycles. The van der Waals surface area contributed by atoms with Gasteiger partial charge in [0.15, 0.2) is 0 Å². The summed E-state index contributed by atoms with van der Waals surface area (Å²) in [6, 6.07) is 6.48. The van der Waals surface area contributed by atoms with Gasteiger partial charge < -0.3 is 4.52 Å². The molecule has 0 radical (unpaired) electrons. The monoisotopic (exact) mass is 356 g/mol. The smallest absolute Gasteiger partial charge is 0.242 e. The van der Waals surface area contributed by atoms with Crippen LogP contribution in [-0.2, 0) is 16.6 Å². The molecule has 10 heteroatoms. The van der Waals surface area contributed by atoms with Gasteiger partial charge in [-0.05, 0) is 23.6 Å². The van der Waals surface area contributed by atoms with Crippen molar-refractivity contribution in [2.75, 3.05) is 0 Å². The van der Waals surface area contributed by atoms with E-state index in [1.54, 1.807) is 0 Å². The highest BCUT2D eigenvalue weighted by Gasteiger charge is 2.17. The number of halogens is 1. The second-order valence-electron chi connectivity index (χ2n) is 4.13. The SMILES string of the molecule is O=S(=O)(NCc1nc(-c2cccs2)no1)c1ccc(Cl)nc1. The molecule has 0 bridgehead atoms. The summed E-state index contributed by atoms with van der Waals surface area (Å²) in [5.41, 5.74) is 0. The lowest BCUT2D eigenvalue weighted by Crippen LogP contribution is -2.23. The van der Waals surface area contributed by atoms with E-state index in [9.17, 15) is 8.42 Å². The van der Waals surface area contributed by atoms with Crippen molar-refractivity contribution in [3.8, 4) is 10.7 Å². The van der Waals surface area contributed by atoms with Crippen LogP contribution in [0.1, 0.15) is 5.89 Å². The quantitative estimate of drug-likeness (QED) is 0.704. The molecule has 1 N–H and O–H groups in total. The molecule has 3 aromatic rings. The van der Waals surface area contributed by atoms with E-state index in [1.165, 1.54) is 29.7 Å². The molecule has 7 nitrogen and oxygen atoms in total. The molecule has 3 rings (SSSR count). The van der Waals surface area contributed by atoms with E-state index in [0.717, 1.165) is 4.88 Å². The van der Waals surface area contributed by atoms with Gasteiger partial charge in [0, 0.05) is 6.20 Å². The lowest BCUT2D eigenvalue weighted by atomic mass is 10.4. The summed E-state index contributed by atoms with van der Waals surface area (Å²) < 4.78 is 31.5. The first-order chi connectivity index (χ1) is 10.5. The van der Waals surface area contributed by atoms with Crippen molar-refractivity contribution >= 4 is 33.0 Å².